The third-order valence-electron chi connectivity index (χ3n) is 4.13. The molecule has 0 aromatic heterocycles. The minimum Gasteiger partial charge on any atom is -0.356 e. The van der Waals surface area contributed by atoms with E-state index in [1.165, 1.54) is 0 Å². The van der Waals surface area contributed by atoms with Gasteiger partial charge in [0.15, 0.2) is 0 Å². The summed E-state index contributed by atoms with van der Waals surface area (Å²) in [5.74, 6) is 0.619. The van der Waals surface area contributed by atoms with Crippen molar-refractivity contribution in [3.8, 4) is 0 Å². The topological polar surface area (TPSA) is 63.2 Å². The zero-order valence-electron chi connectivity index (χ0n) is 16.6. The molecular formula is C20H37NO3. The molecule has 1 N–H and O–H groups in total. The quantitative estimate of drug-likeness (QED) is 0.565. The van der Waals surface area contributed by atoms with Crippen molar-refractivity contribution in [2.45, 2.75) is 92.9 Å². The fourth-order valence-electron chi connectivity index (χ4n) is 2.22. The first-order valence-electron chi connectivity index (χ1n) is 9.28. The van der Waals surface area contributed by atoms with Gasteiger partial charge in [0, 0.05) is 36.6 Å². The SMILES string of the molecule is CC(C)(C)C(=O)CCCCCNC(=O)CCCCC(=O)C(C)(C)C. The third kappa shape index (κ3) is 11.4. The number of rotatable bonds is 11. The summed E-state index contributed by atoms with van der Waals surface area (Å²) < 4.78 is 0. The van der Waals surface area contributed by atoms with Gasteiger partial charge in [-0.3, -0.25) is 14.4 Å². The molecule has 0 aromatic carbocycles. The number of ketones is 2. The highest BCUT2D eigenvalue weighted by molar-refractivity contribution is 5.84. The van der Waals surface area contributed by atoms with Gasteiger partial charge >= 0.3 is 0 Å². The molecule has 0 spiro atoms. The van der Waals surface area contributed by atoms with Crippen molar-refractivity contribution in [1.29, 1.82) is 0 Å². The molecule has 0 aromatic rings. The van der Waals surface area contributed by atoms with Crippen LogP contribution in [0.25, 0.3) is 0 Å². The molecular weight excluding hydrogens is 302 g/mol. The molecule has 0 heterocycles. The largest absolute Gasteiger partial charge is 0.356 e. The van der Waals surface area contributed by atoms with E-state index in [-0.39, 0.29) is 22.5 Å². The van der Waals surface area contributed by atoms with Gasteiger partial charge in [-0.15, -0.1) is 0 Å². The number of hydrogen-bond donors (Lipinski definition) is 1. The van der Waals surface area contributed by atoms with Crippen molar-refractivity contribution in [2.75, 3.05) is 6.54 Å². The van der Waals surface area contributed by atoms with Crippen molar-refractivity contribution in [3.63, 3.8) is 0 Å². The van der Waals surface area contributed by atoms with Crippen LogP contribution in [0.3, 0.4) is 0 Å². The van der Waals surface area contributed by atoms with Crippen LogP contribution in [-0.2, 0) is 14.4 Å². The van der Waals surface area contributed by atoms with Gasteiger partial charge < -0.3 is 5.32 Å². The van der Waals surface area contributed by atoms with E-state index in [0.29, 0.717) is 31.6 Å². The minimum atomic E-state index is -0.281. The van der Waals surface area contributed by atoms with Gasteiger partial charge in [-0.05, 0) is 25.7 Å². The molecule has 140 valence electrons. The first-order chi connectivity index (χ1) is 10.9. The molecule has 0 bridgehead atoms. The first-order valence-corrected chi connectivity index (χ1v) is 9.28. The van der Waals surface area contributed by atoms with Crippen LogP contribution in [0, 0.1) is 10.8 Å². The lowest BCUT2D eigenvalue weighted by Gasteiger charge is -2.16. The molecule has 0 unspecified atom stereocenters. The maximum absolute atomic E-state index is 11.8. The number of nitrogens with one attached hydrogen (secondary N) is 1. The van der Waals surface area contributed by atoms with E-state index < -0.39 is 0 Å². The lowest BCUT2D eigenvalue weighted by atomic mass is 9.88. The van der Waals surface area contributed by atoms with Crippen LogP contribution in [0.5, 0.6) is 0 Å². The molecule has 1 amide bonds. The van der Waals surface area contributed by atoms with E-state index in [1.54, 1.807) is 0 Å². The van der Waals surface area contributed by atoms with Gasteiger partial charge in [-0.25, -0.2) is 0 Å². The molecule has 0 radical (unpaired) electrons. The monoisotopic (exact) mass is 339 g/mol. The predicted molar refractivity (Wildman–Crippen MR) is 98.9 cm³/mol. The third-order valence-corrected chi connectivity index (χ3v) is 4.13. The summed E-state index contributed by atoms with van der Waals surface area (Å²) in [5.41, 5.74) is -0.529. The highest BCUT2D eigenvalue weighted by Gasteiger charge is 2.20. The number of unbranched alkanes of at least 4 members (excludes halogenated alkanes) is 3. The molecule has 0 aliphatic heterocycles. The Kier molecular flexibility index (Phi) is 10.1. The smallest absolute Gasteiger partial charge is 0.219 e. The number of amides is 1. The summed E-state index contributed by atoms with van der Waals surface area (Å²) in [6, 6.07) is 0. The fourth-order valence-corrected chi connectivity index (χ4v) is 2.22. The summed E-state index contributed by atoms with van der Waals surface area (Å²) in [7, 11) is 0. The highest BCUT2D eigenvalue weighted by Crippen LogP contribution is 2.19. The average Bonchev–Trinajstić information content (AvgIpc) is 2.44. The van der Waals surface area contributed by atoms with Crippen LogP contribution in [0.1, 0.15) is 92.9 Å². The second-order valence-electron chi connectivity index (χ2n) is 8.71. The zero-order valence-corrected chi connectivity index (χ0v) is 16.6. The summed E-state index contributed by atoms with van der Waals surface area (Å²) in [6.45, 7) is 12.3. The van der Waals surface area contributed by atoms with Crippen molar-refractivity contribution in [1.82, 2.24) is 5.32 Å². The Hall–Kier alpha value is -1.19. The van der Waals surface area contributed by atoms with Crippen molar-refractivity contribution >= 4 is 17.5 Å². The van der Waals surface area contributed by atoms with Crippen LogP contribution in [0.2, 0.25) is 0 Å². The van der Waals surface area contributed by atoms with Gasteiger partial charge in [0.2, 0.25) is 5.91 Å². The van der Waals surface area contributed by atoms with Crippen molar-refractivity contribution < 1.29 is 14.4 Å². The Morgan fingerprint density at radius 1 is 0.625 bits per heavy atom. The van der Waals surface area contributed by atoms with Crippen molar-refractivity contribution in [2.24, 2.45) is 10.8 Å². The van der Waals surface area contributed by atoms with Crippen LogP contribution in [0.15, 0.2) is 0 Å². The lowest BCUT2D eigenvalue weighted by Crippen LogP contribution is -2.24. The molecule has 0 saturated carbocycles. The number of hydrogen-bond acceptors (Lipinski definition) is 3. The van der Waals surface area contributed by atoms with Gasteiger partial charge in [-0.1, -0.05) is 48.0 Å². The first kappa shape index (κ1) is 22.8. The van der Waals surface area contributed by atoms with E-state index in [9.17, 15) is 14.4 Å². The Morgan fingerprint density at radius 2 is 1.04 bits per heavy atom. The molecule has 4 nitrogen and oxygen atoms in total. The van der Waals surface area contributed by atoms with Gasteiger partial charge in [0.25, 0.3) is 0 Å². The Balaban J connectivity index is 3.58. The van der Waals surface area contributed by atoms with Gasteiger partial charge in [-0.2, -0.15) is 0 Å². The number of carbonyl (C=O) groups excluding carboxylic acids is 3. The second kappa shape index (κ2) is 10.6. The second-order valence-corrected chi connectivity index (χ2v) is 8.71. The van der Waals surface area contributed by atoms with Crippen LogP contribution < -0.4 is 5.32 Å². The summed E-state index contributed by atoms with van der Waals surface area (Å²) in [6.07, 6.45) is 5.96. The fraction of sp³-hybridized carbons (Fsp3) is 0.850. The number of Topliss-reactive ketones (excluding diaryl/α,β-unsaturated/α-hetero) is 2. The van der Waals surface area contributed by atoms with E-state index in [4.69, 9.17) is 0 Å². The van der Waals surface area contributed by atoms with Crippen LogP contribution in [0.4, 0.5) is 0 Å². The molecule has 0 fully saturated rings. The molecule has 0 saturated heterocycles. The molecule has 0 atom stereocenters. The van der Waals surface area contributed by atoms with E-state index in [2.05, 4.69) is 5.32 Å². The van der Waals surface area contributed by atoms with E-state index in [1.807, 2.05) is 41.5 Å². The average molecular weight is 340 g/mol. The maximum atomic E-state index is 11.8. The molecule has 0 aliphatic rings. The normalized spacial score (nSPS) is 12.1. The minimum absolute atomic E-state index is 0.0592. The molecule has 4 heteroatoms. The summed E-state index contributed by atoms with van der Waals surface area (Å²) in [5, 5.41) is 2.91. The van der Waals surface area contributed by atoms with Crippen molar-refractivity contribution in [3.05, 3.63) is 0 Å². The Morgan fingerprint density at radius 3 is 1.50 bits per heavy atom. The van der Waals surface area contributed by atoms with Crippen LogP contribution >= 0.6 is 0 Å². The van der Waals surface area contributed by atoms with Gasteiger partial charge in [0.05, 0.1) is 0 Å². The molecule has 24 heavy (non-hydrogen) atoms. The zero-order chi connectivity index (χ0) is 18.8. The maximum Gasteiger partial charge on any atom is 0.219 e. The molecule has 0 aliphatic carbocycles. The van der Waals surface area contributed by atoms with Crippen LogP contribution in [-0.4, -0.2) is 24.0 Å². The standard InChI is InChI=1S/C20H37NO3/c1-19(2,3)16(22)12-8-7-11-15-21-18(24)14-10-9-13-17(23)20(4,5)6/h7-15H2,1-6H3,(H,21,24). The number of carbonyl (C=O) groups is 3. The predicted octanol–water partition coefficient (Wildman–Crippen LogP) is 4.45. The lowest BCUT2D eigenvalue weighted by molar-refractivity contribution is -0.127. The Labute approximate surface area is 148 Å². The van der Waals surface area contributed by atoms with Gasteiger partial charge in [0.1, 0.15) is 11.6 Å². The van der Waals surface area contributed by atoms with E-state index in [0.717, 1.165) is 32.1 Å². The summed E-state index contributed by atoms with van der Waals surface area (Å²) in [4.78, 5) is 35.2. The highest BCUT2D eigenvalue weighted by atomic mass is 16.1. The van der Waals surface area contributed by atoms with E-state index >= 15 is 0 Å². The summed E-state index contributed by atoms with van der Waals surface area (Å²) >= 11 is 0. The Bertz CT molecular complexity index is 414. The molecule has 0 rings (SSSR count).